The summed E-state index contributed by atoms with van der Waals surface area (Å²) in [6.45, 7) is 2.95. The van der Waals surface area contributed by atoms with E-state index in [0.717, 1.165) is 13.1 Å². The number of rotatable bonds is 7. The fraction of sp³-hybridized carbons (Fsp3) is 0.455. The number of halogens is 1. The Balaban J connectivity index is 2.35. The fourth-order valence-corrected chi connectivity index (χ4v) is 1.44. The molecule has 0 unspecified atom stereocenters. The van der Waals surface area contributed by atoms with Crippen molar-refractivity contribution in [3.05, 3.63) is 22.8 Å². The third kappa shape index (κ3) is 4.57. The summed E-state index contributed by atoms with van der Waals surface area (Å²) >= 11 is 5.98. The molecule has 0 saturated carbocycles. The number of nitrogens with zero attached hydrogens (tertiary/aromatic N) is 2. The van der Waals surface area contributed by atoms with Crippen molar-refractivity contribution >= 4 is 17.4 Å². The number of pyridine rings is 1. The van der Waals surface area contributed by atoms with Gasteiger partial charge < -0.3 is 15.4 Å². The molecule has 1 rings (SSSR count). The molecule has 17 heavy (non-hydrogen) atoms. The van der Waals surface area contributed by atoms with Gasteiger partial charge in [-0.25, -0.2) is 4.98 Å². The van der Waals surface area contributed by atoms with Crippen LogP contribution in [0.2, 0.25) is 5.02 Å². The van der Waals surface area contributed by atoms with Crippen molar-refractivity contribution in [1.82, 2.24) is 10.3 Å². The van der Waals surface area contributed by atoms with Crippen LogP contribution in [0.1, 0.15) is 5.56 Å². The van der Waals surface area contributed by atoms with Crippen molar-refractivity contribution in [1.29, 1.82) is 5.26 Å². The van der Waals surface area contributed by atoms with Crippen LogP contribution in [0.4, 0.5) is 5.82 Å². The molecule has 0 aliphatic carbocycles. The Morgan fingerprint density at radius 1 is 1.47 bits per heavy atom. The Labute approximate surface area is 106 Å². The minimum atomic E-state index is 0.367. The largest absolute Gasteiger partial charge is 0.383 e. The molecule has 92 valence electrons. The van der Waals surface area contributed by atoms with E-state index in [-0.39, 0.29) is 0 Å². The van der Waals surface area contributed by atoms with Crippen LogP contribution in [0.3, 0.4) is 0 Å². The highest BCUT2D eigenvalue weighted by Crippen LogP contribution is 2.22. The van der Waals surface area contributed by atoms with E-state index in [1.165, 1.54) is 0 Å². The second-order valence-electron chi connectivity index (χ2n) is 3.30. The van der Waals surface area contributed by atoms with Crippen LogP contribution in [0.25, 0.3) is 0 Å². The first-order chi connectivity index (χ1) is 8.29. The molecule has 0 fully saturated rings. The highest BCUT2D eigenvalue weighted by molar-refractivity contribution is 6.34. The summed E-state index contributed by atoms with van der Waals surface area (Å²) in [4.78, 5) is 4.07. The van der Waals surface area contributed by atoms with E-state index in [2.05, 4.69) is 15.6 Å². The van der Waals surface area contributed by atoms with Gasteiger partial charge >= 0.3 is 0 Å². The van der Waals surface area contributed by atoms with Crippen molar-refractivity contribution in [3.63, 3.8) is 0 Å². The van der Waals surface area contributed by atoms with E-state index in [1.54, 1.807) is 19.4 Å². The van der Waals surface area contributed by atoms with Crippen molar-refractivity contribution < 1.29 is 4.74 Å². The monoisotopic (exact) mass is 254 g/mol. The standard InChI is InChI=1S/C11H15ClN4O/c1-17-7-6-14-4-5-16-11-10(12)9(8-13)2-3-15-11/h2-3,14H,4-7H2,1H3,(H,15,16). The van der Waals surface area contributed by atoms with Crippen LogP contribution in [-0.4, -0.2) is 38.3 Å². The van der Waals surface area contributed by atoms with Crippen molar-refractivity contribution in [2.45, 2.75) is 0 Å². The Morgan fingerprint density at radius 2 is 2.29 bits per heavy atom. The van der Waals surface area contributed by atoms with Crippen LogP contribution in [-0.2, 0) is 4.74 Å². The molecule has 2 N–H and O–H groups in total. The van der Waals surface area contributed by atoms with Gasteiger partial charge in [0.15, 0.2) is 0 Å². The number of anilines is 1. The number of nitriles is 1. The summed E-state index contributed by atoms with van der Waals surface area (Å²) < 4.78 is 4.90. The molecule has 0 amide bonds. The van der Waals surface area contributed by atoms with Crippen LogP contribution >= 0.6 is 11.6 Å². The smallest absolute Gasteiger partial charge is 0.146 e. The van der Waals surface area contributed by atoms with Crippen LogP contribution in [0.15, 0.2) is 12.3 Å². The number of nitrogens with one attached hydrogen (secondary N) is 2. The van der Waals surface area contributed by atoms with E-state index in [4.69, 9.17) is 21.6 Å². The zero-order chi connectivity index (χ0) is 12.5. The van der Waals surface area contributed by atoms with Crippen LogP contribution in [0, 0.1) is 11.3 Å². The van der Waals surface area contributed by atoms with Gasteiger partial charge in [0, 0.05) is 32.9 Å². The Hall–Kier alpha value is -1.35. The summed E-state index contributed by atoms with van der Waals surface area (Å²) in [7, 11) is 1.66. The van der Waals surface area contributed by atoms with Gasteiger partial charge in [0.25, 0.3) is 0 Å². The fourth-order valence-electron chi connectivity index (χ4n) is 1.22. The first-order valence-corrected chi connectivity index (χ1v) is 5.65. The predicted molar refractivity (Wildman–Crippen MR) is 67.2 cm³/mol. The van der Waals surface area contributed by atoms with Crippen LogP contribution < -0.4 is 10.6 Å². The van der Waals surface area contributed by atoms with Gasteiger partial charge in [-0.15, -0.1) is 0 Å². The molecule has 5 nitrogen and oxygen atoms in total. The van der Waals surface area contributed by atoms with Gasteiger partial charge in [-0.1, -0.05) is 11.6 Å². The Bertz CT molecular complexity index is 392. The summed E-state index contributed by atoms with van der Waals surface area (Å²) in [5, 5.41) is 15.4. The number of hydrogen-bond donors (Lipinski definition) is 2. The number of methoxy groups -OCH3 is 1. The molecule has 1 heterocycles. The molecule has 0 aliphatic rings. The van der Waals surface area contributed by atoms with Gasteiger partial charge in [0.2, 0.25) is 0 Å². The van der Waals surface area contributed by atoms with Gasteiger partial charge in [-0.05, 0) is 6.07 Å². The number of ether oxygens (including phenoxy) is 1. The normalized spacial score (nSPS) is 9.94. The van der Waals surface area contributed by atoms with Crippen LogP contribution in [0.5, 0.6) is 0 Å². The lowest BCUT2D eigenvalue weighted by Crippen LogP contribution is -2.25. The molecular weight excluding hydrogens is 240 g/mol. The van der Waals surface area contributed by atoms with Gasteiger partial charge in [-0.3, -0.25) is 0 Å². The van der Waals surface area contributed by atoms with E-state index >= 15 is 0 Å². The Kier molecular flexibility index (Phi) is 6.33. The highest BCUT2D eigenvalue weighted by atomic mass is 35.5. The lowest BCUT2D eigenvalue weighted by atomic mass is 10.3. The molecule has 0 aromatic carbocycles. The van der Waals surface area contributed by atoms with Crippen molar-refractivity contribution in [2.75, 3.05) is 38.7 Å². The van der Waals surface area contributed by atoms with E-state index in [9.17, 15) is 0 Å². The van der Waals surface area contributed by atoms with Crippen molar-refractivity contribution in [2.24, 2.45) is 0 Å². The topological polar surface area (TPSA) is 70.0 Å². The lowest BCUT2D eigenvalue weighted by Gasteiger charge is -2.08. The summed E-state index contributed by atoms with van der Waals surface area (Å²) in [5.74, 6) is 0.541. The van der Waals surface area contributed by atoms with E-state index < -0.39 is 0 Å². The summed E-state index contributed by atoms with van der Waals surface area (Å²) in [6, 6.07) is 3.60. The Morgan fingerprint density at radius 3 is 3.00 bits per heavy atom. The molecule has 0 bridgehead atoms. The lowest BCUT2D eigenvalue weighted by molar-refractivity contribution is 0.200. The maximum atomic E-state index is 8.80. The quantitative estimate of drug-likeness (QED) is 0.717. The molecule has 0 spiro atoms. The molecule has 1 aromatic heterocycles. The summed E-state index contributed by atoms with van der Waals surface area (Å²) in [5.41, 5.74) is 0.427. The molecule has 0 aliphatic heterocycles. The molecular formula is C11H15ClN4O. The highest BCUT2D eigenvalue weighted by Gasteiger charge is 2.05. The average molecular weight is 255 g/mol. The second kappa shape index (κ2) is 7.85. The van der Waals surface area contributed by atoms with Crippen molar-refractivity contribution in [3.8, 4) is 6.07 Å². The maximum Gasteiger partial charge on any atom is 0.146 e. The van der Waals surface area contributed by atoms with Gasteiger partial charge in [-0.2, -0.15) is 5.26 Å². The third-order valence-electron chi connectivity index (χ3n) is 2.09. The SMILES string of the molecule is COCCNCCNc1nccc(C#N)c1Cl. The first-order valence-electron chi connectivity index (χ1n) is 5.27. The molecule has 0 saturated heterocycles. The number of aromatic nitrogens is 1. The van der Waals surface area contributed by atoms with Gasteiger partial charge in [0.1, 0.15) is 16.9 Å². The van der Waals surface area contributed by atoms with Gasteiger partial charge in [0.05, 0.1) is 12.2 Å². The minimum Gasteiger partial charge on any atom is -0.383 e. The maximum absolute atomic E-state index is 8.80. The van der Waals surface area contributed by atoms with E-state index in [0.29, 0.717) is 29.6 Å². The van der Waals surface area contributed by atoms with E-state index in [1.807, 2.05) is 6.07 Å². The molecule has 0 atom stereocenters. The average Bonchev–Trinajstić information content (AvgIpc) is 2.35. The molecule has 0 radical (unpaired) electrons. The zero-order valence-corrected chi connectivity index (χ0v) is 10.4. The third-order valence-corrected chi connectivity index (χ3v) is 2.47. The summed E-state index contributed by atoms with van der Waals surface area (Å²) in [6.07, 6.45) is 1.56. The number of hydrogen-bond acceptors (Lipinski definition) is 5. The second-order valence-corrected chi connectivity index (χ2v) is 3.68. The zero-order valence-electron chi connectivity index (χ0n) is 9.66. The minimum absolute atomic E-state index is 0.367. The predicted octanol–water partition coefficient (Wildman–Crippen LogP) is 1.25. The molecule has 6 heteroatoms. The molecule has 1 aromatic rings. The first kappa shape index (κ1) is 13.7.